The van der Waals surface area contributed by atoms with Crippen LogP contribution in [0.2, 0.25) is 0 Å². The van der Waals surface area contributed by atoms with Crippen molar-refractivity contribution in [2.24, 2.45) is 0 Å². The van der Waals surface area contributed by atoms with Crippen molar-refractivity contribution in [2.45, 2.75) is 13.8 Å². The number of rotatable bonds is 4. The zero-order valence-electron chi connectivity index (χ0n) is 14.3. The molecule has 0 aliphatic rings. The van der Waals surface area contributed by atoms with Crippen molar-refractivity contribution in [2.75, 3.05) is 10.6 Å². The number of halogens is 1. The van der Waals surface area contributed by atoms with Crippen molar-refractivity contribution in [1.29, 1.82) is 0 Å². The predicted octanol–water partition coefficient (Wildman–Crippen LogP) is 4.15. The number of carbonyl (C=O) groups is 2. The standard InChI is InChI=1S/C19H17BrN4O2/c1-12-18(11-21-24(12)17-9-3-14(20)4-10-17)19(26)23-16-7-5-15(6-8-16)22-13(2)25/h3-11H,1-2H3,(H,22,25)(H,23,26). The summed E-state index contributed by atoms with van der Waals surface area (Å²) in [4.78, 5) is 23.6. The average Bonchev–Trinajstić information content (AvgIpc) is 2.98. The van der Waals surface area contributed by atoms with Gasteiger partial charge in [-0.15, -0.1) is 0 Å². The number of benzene rings is 2. The van der Waals surface area contributed by atoms with Gasteiger partial charge in [0.1, 0.15) is 0 Å². The summed E-state index contributed by atoms with van der Waals surface area (Å²) in [5.41, 5.74) is 3.44. The highest BCUT2D eigenvalue weighted by Crippen LogP contribution is 2.19. The van der Waals surface area contributed by atoms with Crippen molar-refractivity contribution in [3.8, 4) is 5.69 Å². The fraction of sp³-hybridized carbons (Fsp3) is 0.105. The van der Waals surface area contributed by atoms with Gasteiger partial charge in [-0.25, -0.2) is 4.68 Å². The van der Waals surface area contributed by atoms with Crippen molar-refractivity contribution in [3.05, 3.63) is 70.5 Å². The number of nitrogens with zero attached hydrogens (tertiary/aromatic N) is 2. The molecular weight excluding hydrogens is 396 g/mol. The Kier molecular flexibility index (Phi) is 5.18. The second-order valence-electron chi connectivity index (χ2n) is 5.74. The Morgan fingerprint density at radius 2 is 1.54 bits per heavy atom. The molecule has 0 unspecified atom stereocenters. The molecule has 2 N–H and O–H groups in total. The van der Waals surface area contributed by atoms with E-state index in [-0.39, 0.29) is 11.8 Å². The van der Waals surface area contributed by atoms with Crippen LogP contribution in [0.1, 0.15) is 23.0 Å². The van der Waals surface area contributed by atoms with Crippen LogP contribution in [0, 0.1) is 6.92 Å². The van der Waals surface area contributed by atoms with Crippen molar-refractivity contribution >= 4 is 39.1 Å². The van der Waals surface area contributed by atoms with Crippen LogP contribution >= 0.6 is 15.9 Å². The maximum absolute atomic E-state index is 12.6. The summed E-state index contributed by atoms with van der Waals surface area (Å²) in [7, 11) is 0. The van der Waals surface area contributed by atoms with Crippen molar-refractivity contribution in [1.82, 2.24) is 9.78 Å². The number of hydrogen-bond donors (Lipinski definition) is 2. The lowest BCUT2D eigenvalue weighted by molar-refractivity contribution is -0.114. The molecule has 0 radical (unpaired) electrons. The summed E-state index contributed by atoms with van der Waals surface area (Å²) in [6.07, 6.45) is 1.55. The second kappa shape index (κ2) is 7.53. The topological polar surface area (TPSA) is 76.0 Å². The van der Waals surface area contributed by atoms with Crippen LogP contribution in [0.15, 0.2) is 59.2 Å². The second-order valence-corrected chi connectivity index (χ2v) is 6.66. The van der Waals surface area contributed by atoms with E-state index in [9.17, 15) is 9.59 Å². The summed E-state index contributed by atoms with van der Waals surface area (Å²) in [6.45, 7) is 3.30. The van der Waals surface area contributed by atoms with Gasteiger partial charge in [-0.05, 0) is 55.5 Å². The highest BCUT2D eigenvalue weighted by molar-refractivity contribution is 9.10. The molecule has 7 heteroatoms. The van der Waals surface area contributed by atoms with E-state index in [1.165, 1.54) is 6.92 Å². The van der Waals surface area contributed by atoms with E-state index in [4.69, 9.17) is 0 Å². The monoisotopic (exact) mass is 412 g/mol. The van der Waals surface area contributed by atoms with E-state index in [1.54, 1.807) is 35.1 Å². The Bertz CT molecular complexity index is 947. The third-order valence-electron chi connectivity index (χ3n) is 3.79. The van der Waals surface area contributed by atoms with Gasteiger partial charge in [-0.1, -0.05) is 15.9 Å². The minimum Gasteiger partial charge on any atom is -0.326 e. The number of carbonyl (C=O) groups excluding carboxylic acids is 2. The summed E-state index contributed by atoms with van der Waals surface area (Å²) in [5.74, 6) is -0.379. The Labute approximate surface area is 159 Å². The fourth-order valence-electron chi connectivity index (χ4n) is 2.51. The maximum Gasteiger partial charge on any atom is 0.259 e. The number of amides is 2. The van der Waals surface area contributed by atoms with Gasteiger partial charge in [0.2, 0.25) is 5.91 Å². The van der Waals surface area contributed by atoms with Gasteiger partial charge in [0.05, 0.1) is 23.1 Å². The van der Waals surface area contributed by atoms with Gasteiger partial charge >= 0.3 is 0 Å². The zero-order valence-corrected chi connectivity index (χ0v) is 15.9. The first-order chi connectivity index (χ1) is 12.4. The molecule has 2 aromatic carbocycles. The molecule has 3 rings (SSSR count). The summed E-state index contributed by atoms with van der Waals surface area (Å²) in [5, 5.41) is 9.84. The van der Waals surface area contributed by atoms with Crippen molar-refractivity contribution < 1.29 is 9.59 Å². The first-order valence-corrected chi connectivity index (χ1v) is 8.73. The van der Waals surface area contributed by atoms with Crippen LogP contribution in [0.4, 0.5) is 11.4 Å². The Hall–Kier alpha value is -2.93. The molecule has 0 aliphatic carbocycles. The minimum atomic E-state index is -0.238. The molecule has 0 fully saturated rings. The quantitative estimate of drug-likeness (QED) is 0.675. The molecular formula is C19H17BrN4O2. The average molecular weight is 413 g/mol. The highest BCUT2D eigenvalue weighted by Gasteiger charge is 2.15. The van der Waals surface area contributed by atoms with Crippen LogP contribution in [-0.4, -0.2) is 21.6 Å². The Morgan fingerprint density at radius 1 is 0.962 bits per heavy atom. The molecule has 0 spiro atoms. The Balaban J connectivity index is 1.76. The van der Waals surface area contributed by atoms with Gasteiger partial charge in [-0.2, -0.15) is 5.10 Å². The van der Waals surface area contributed by atoms with E-state index < -0.39 is 0 Å². The minimum absolute atomic E-state index is 0.141. The van der Waals surface area contributed by atoms with E-state index in [0.717, 1.165) is 15.9 Å². The van der Waals surface area contributed by atoms with Crippen LogP contribution in [0.3, 0.4) is 0 Å². The number of aromatic nitrogens is 2. The lowest BCUT2D eigenvalue weighted by Crippen LogP contribution is -2.13. The third kappa shape index (κ3) is 4.00. The van der Waals surface area contributed by atoms with Gasteiger partial charge in [-0.3, -0.25) is 9.59 Å². The normalized spacial score (nSPS) is 10.4. The first-order valence-electron chi connectivity index (χ1n) is 7.93. The van der Waals surface area contributed by atoms with Gasteiger partial charge in [0, 0.05) is 22.8 Å². The van der Waals surface area contributed by atoms with Crippen LogP contribution in [0.25, 0.3) is 5.69 Å². The molecule has 0 bridgehead atoms. The molecule has 1 heterocycles. The number of anilines is 2. The lowest BCUT2D eigenvalue weighted by atomic mass is 10.2. The maximum atomic E-state index is 12.6. The van der Waals surface area contributed by atoms with Gasteiger partial charge in [0.25, 0.3) is 5.91 Å². The first kappa shape index (κ1) is 17.9. The number of hydrogen-bond acceptors (Lipinski definition) is 3. The molecule has 0 atom stereocenters. The fourth-order valence-corrected chi connectivity index (χ4v) is 2.78. The van der Waals surface area contributed by atoms with E-state index in [0.29, 0.717) is 16.9 Å². The largest absolute Gasteiger partial charge is 0.326 e. The lowest BCUT2D eigenvalue weighted by Gasteiger charge is -2.08. The predicted molar refractivity (Wildman–Crippen MR) is 105 cm³/mol. The SMILES string of the molecule is CC(=O)Nc1ccc(NC(=O)c2cnn(-c3ccc(Br)cc3)c2C)cc1. The van der Waals surface area contributed by atoms with Crippen LogP contribution in [-0.2, 0) is 4.79 Å². The van der Waals surface area contributed by atoms with E-state index >= 15 is 0 Å². The molecule has 2 amide bonds. The highest BCUT2D eigenvalue weighted by atomic mass is 79.9. The molecule has 0 saturated heterocycles. The third-order valence-corrected chi connectivity index (χ3v) is 4.32. The Morgan fingerprint density at radius 3 is 2.12 bits per heavy atom. The van der Waals surface area contributed by atoms with Crippen molar-refractivity contribution in [3.63, 3.8) is 0 Å². The smallest absolute Gasteiger partial charge is 0.259 e. The summed E-state index contributed by atoms with van der Waals surface area (Å²) < 4.78 is 2.70. The van der Waals surface area contributed by atoms with Gasteiger partial charge < -0.3 is 10.6 Å². The van der Waals surface area contributed by atoms with Crippen LogP contribution < -0.4 is 10.6 Å². The van der Waals surface area contributed by atoms with Gasteiger partial charge in [0.15, 0.2) is 0 Å². The molecule has 0 aliphatic heterocycles. The molecule has 132 valence electrons. The van der Waals surface area contributed by atoms with Crippen LogP contribution in [0.5, 0.6) is 0 Å². The number of nitrogens with one attached hydrogen (secondary N) is 2. The molecule has 3 aromatic rings. The van der Waals surface area contributed by atoms with E-state index in [1.807, 2.05) is 31.2 Å². The molecule has 6 nitrogen and oxygen atoms in total. The summed E-state index contributed by atoms with van der Waals surface area (Å²) in [6, 6.07) is 14.6. The zero-order chi connectivity index (χ0) is 18.7. The molecule has 0 saturated carbocycles. The van der Waals surface area contributed by atoms with E-state index in [2.05, 4.69) is 31.7 Å². The summed E-state index contributed by atoms with van der Waals surface area (Å²) >= 11 is 3.40. The molecule has 1 aromatic heterocycles. The molecule has 26 heavy (non-hydrogen) atoms.